The molecule has 2 rings (SSSR count). The largest absolute Gasteiger partial charge is 0.492 e. The lowest BCUT2D eigenvalue weighted by Gasteiger charge is -2.15. The molecule has 6 heteroatoms. The quantitative estimate of drug-likeness (QED) is 0.694. The van der Waals surface area contributed by atoms with Gasteiger partial charge in [-0.2, -0.15) is 0 Å². The van der Waals surface area contributed by atoms with E-state index in [0.29, 0.717) is 13.2 Å². The van der Waals surface area contributed by atoms with Gasteiger partial charge in [-0.15, -0.1) is 24.2 Å². The van der Waals surface area contributed by atoms with E-state index in [0.717, 1.165) is 22.8 Å². The molecule has 0 aromatic heterocycles. The molecule has 0 aliphatic carbocycles. The fourth-order valence-corrected chi connectivity index (χ4v) is 3.00. The molecular weight excluding hydrogens is 344 g/mol. The smallest absolute Gasteiger partial charge is 0.237 e. The number of hydrogen-bond donors (Lipinski definition) is 2. The van der Waals surface area contributed by atoms with Crippen LogP contribution < -0.4 is 15.8 Å². The number of carbonyl (C=O) groups is 1. The fourth-order valence-electron chi connectivity index (χ4n) is 2.02. The molecule has 0 fully saturated rings. The van der Waals surface area contributed by atoms with Crippen molar-refractivity contribution in [3.05, 3.63) is 54.6 Å². The Morgan fingerprint density at radius 3 is 2.42 bits per heavy atom. The number of thioether (sulfide) groups is 1. The Kier molecular flexibility index (Phi) is 9.30. The van der Waals surface area contributed by atoms with Gasteiger partial charge >= 0.3 is 0 Å². The molecule has 0 spiro atoms. The van der Waals surface area contributed by atoms with Gasteiger partial charge in [0.2, 0.25) is 5.91 Å². The SMILES string of the molecule is CCC(Sc1ccccc1)C(=O)Nc1ccc(OCCN)cc1.Cl. The number of benzene rings is 2. The Balaban J connectivity index is 0.00000288. The second-order valence-electron chi connectivity index (χ2n) is 4.98. The average Bonchev–Trinajstić information content (AvgIpc) is 2.60. The third-order valence-electron chi connectivity index (χ3n) is 3.19. The van der Waals surface area contributed by atoms with E-state index in [1.54, 1.807) is 11.8 Å². The van der Waals surface area contributed by atoms with Crippen molar-refractivity contribution in [2.45, 2.75) is 23.5 Å². The summed E-state index contributed by atoms with van der Waals surface area (Å²) in [7, 11) is 0. The Bertz CT molecular complexity index is 608. The molecule has 1 unspecified atom stereocenters. The van der Waals surface area contributed by atoms with Crippen LogP contribution in [0.3, 0.4) is 0 Å². The minimum atomic E-state index is -0.120. The molecule has 0 aliphatic rings. The van der Waals surface area contributed by atoms with Crippen LogP contribution in [0.25, 0.3) is 0 Å². The van der Waals surface area contributed by atoms with Gasteiger partial charge in [-0.1, -0.05) is 25.1 Å². The lowest BCUT2D eigenvalue weighted by Crippen LogP contribution is -2.24. The Morgan fingerprint density at radius 2 is 1.83 bits per heavy atom. The van der Waals surface area contributed by atoms with Crippen LogP contribution in [0.1, 0.15) is 13.3 Å². The molecule has 0 saturated carbocycles. The van der Waals surface area contributed by atoms with Gasteiger partial charge in [0, 0.05) is 17.1 Å². The lowest BCUT2D eigenvalue weighted by molar-refractivity contribution is -0.115. The van der Waals surface area contributed by atoms with Gasteiger partial charge in [-0.3, -0.25) is 4.79 Å². The van der Waals surface area contributed by atoms with Gasteiger partial charge in [-0.25, -0.2) is 0 Å². The van der Waals surface area contributed by atoms with Gasteiger partial charge in [-0.05, 0) is 42.8 Å². The maximum absolute atomic E-state index is 12.4. The number of ether oxygens (including phenoxy) is 1. The number of halogens is 1. The molecule has 0 aliphatic heterocycles. The number of carbonyl (C=O) groups excluding carboxylic acids is 1. The van der Waals surface area contributed by atoms with Crippen molar-refractivity contribution in [1.82, 2.24) is 0 Å². The second-order valence-corrected chi connectivity index (χ2v) is 6.25. The normalized spacial score (nSPS) is 11.2. The van der Waals surface area contributed by atoms with Crippen molar-refractivity contribution in [2.24, 2.45) is 5.73 Å². The first-order valence-corrected chi connectivity index (χ1v) is 8.56. The summed E-state index contributed by atoms with van der Waals surface area (Å²) in [4.78, 5) is 13.5. The predicted octanol–water partition coefficient (Wildman–Crippen LogP) is 3.96. The third kappa shape index (κ3) is 6.43. The molecule has 0 radical (unpaired) electrons. The van der Waals surface area contributed by atoms with Gasteiger partial charge in [0.25, 0.3) is 0 Å². The first kappa shape index (κ1) is 20.4. The highest BCUT2D eigenvalue weighted by molar-refractivity contribution is 8.00. The molecule has 0 heterocycles. The number of anilines is 1. The molecular formula is C18H23ClN2O2S. The highest BCUT2D eigenvalue weighted by atomic mass is 35.5. The monoisotopic (exact) mass is 366 g/mol. The molecule has 3 N–H and O–H groups in total. The Hall–Kier alpha value is -1.69. The highest BCUT2D eigenvalue weighted by Crippen LogP contribution is 2.26. The molecule has 0 bridgehead atoms. The number of nitrogens with one attached hydrogen (secondary N) is 1. The van der Waals surface area contributed by atoms with Crippen molar-refractivity contribution < 1.29 is 9.53 Å². The summed E-state index contributed by atoms with van der Waals surface area (Å²) < 4.78 is 5.42. The van der Waals surface area contributed by atoms with Gasteiger partial charge in [0.05, 0.1) is 5.25 Å². The van der Waals surface area contributed by atoms with Crippen molar-refractivity contribution >= 4 is 35.8 Å². The van der Waals surface area contributed by atoms with Crippen molar-refractivity contribution in [1.29, 1.82) is 0 Å². The summed E-state index contributed by atoms with van der Waals surface area (Å²) >= 11 is 1.58. The number of amides is 1. The van der Waals surface area contributed by atoms with Crippen LogP contribution in [0.2, 0.25) is 0 Å². The van der Waals surface area contributed by atoms with Crippen molar-refractivity contribution in [3.8, 4) is 5.75 Å². The van der Waals surface area contributed by atoms with Crippen LogP contribution in [-0.4, -0.2) is 24.3 Å². The highest BCUT2D eigenvalue weighted by Gasteiger charge is 2.17. The minimum absolute atomic E-state index is 0. The molecule has 2 aromatic carbocycles. The summed E-state index contributed by atoms with van der Waals surface area (Å²) in [5, 5.41) is 2.84. The Labute approximate surface area is 153 Å². The van der Waals surface area contributed by atoms with E-state index >= 15 is 0 Å². The third-order valence-corrected chi connectivity index (χ3v) is 4.57. The molecule has 0 saturated heterocycles. The van der Waals surface area contributed by atoms with Crippen LogP contribution in [0.5, 0.6) is 5.75 Å². The van der Waals surface area contributed by atoms with Gasteiger partial charge in [0.15, 0.2) is 0 Å². The zero-order chi connectivity index (χ0) is 16.5. The summed E-state index contributed by atoms with van der Waals surface area (Å²) in [5.74, 6) is 0.760. The van der Waals surface area contributed by atoms with Crippen LogP contribution in [-0.2, 0) is 4.79 Å². The first-order valence-electron chi connectivity index (χ1n) is 7.68. The summed E-state index contributed by atoms with van der Waals surface area (Å²) in [5.41, 5.74) is 6.17. The molecule has 1 amide bonds. The lowest BCUT2D eigenvalue weighted by atomic mass is 10.2. The number of nitrogens with two attached hydrogens (primary N) is 1. The summed E-state index contributed by atoms with van der Waals surface area (Å²) in [6, 6.07) is 17.3. The topological polar surface area (TPSA) is 64.3 Å². The van der Waals surface area contributed by atoms with Crippen LogP contribution in [0.15, 0.2) is 59.5 Å². The van der Waals surface area contributed by atoms with Gasteiger partial charge in [0.1, 0.15) is 12.4 Å². The van der Waals surface area contributed by atoms with Crippen LogP contribution in [0.4, 0.5) is 5.69 Å². The molecule has 24 heavy (non-hydrogen) atoms. The predicted molar refractivity (Wildman–Crippen MR) is 103 cm³/mol. The van der Waals surface area contributed by atoms with E-state index < -0.39 is 0 Å². The maximum atomic E-state index is 12.4. The van der Waals surface area contributed by atoms with E-state index in [2.05, 4.69) is 5.32 Å². The van der Waals surface area contributed by atoms with E-state index in [1.807, 2.05) is 61.5 Å². The first-order chi connectivity index (χ1) is 11.2. The average molecular weight is 367 g/mol. The van der Waals surface area contributed by atoms with E-state index in [4.69, 9.17) is 10.5 Å². The standard InChI is InChI=1S/C18H22N2O2S.ClH/c1-2-17(23-16-6-4-3-5-7-16)18(21)20-14-8-10-15(11-9-14)22-13-12-19;/h3-11,17H,2,12-13,19H2,1H3,(H,20,21);1H. The van der Waals surface area contributed by atoms with E-state index in [9.17, 15) is 4.79 Å². The number of rotatable bonds is 8. The molecule has 1 atom stereocenters. The van der Waals surface area contributed by atoms with E-state index in [-0.39, 0.29) is 23.6 Å². The molecule has 4 nitrogen and oxygen atoms in total. The zero-order valence-corrected chi connectivity index (χ0v) is 15.2. The van der Waals surface area contributed by atoms with Crippen LogP contribution >= 0.6 is 24.2 Å². The van der Waals surface area contributed by atoms with Gasteiger partial charge < -0.3 is 15.8 Å². The fraction of sp³-hybridized carbons (Fsp3) is 0.278. The van der Waals surface area contributed by atoms with Crippen LogP contribution in [0, 0.1) is 0 Å². The van der Waals surface area contributed by atoms with Crippen molar-refractivity contribution in [3.63, 3.8) is 0 Å². The van der Waals surface area contributed by atoms with Crippen molar-refractivity contribution in [2.75, 3.05) is 18.5 Å². The summed E-state index contributed by atoms with van der Waals surface area (Å²) in [6.07, 6.45) is 0.767. The number of hydrogen-bond acceptors (Lipinski definition) is 4. The Morgan fingerprint density at radius 1 is 1.17 bits per heavy atom. The van der Waals surface area contributed by atoms with E-state index in [1.165, 1.54) is 0 Å². The maximum Gasteiger partial charge on any atom is 0.237 e. The second kappa shape index (κ2) is 11.0. The molecule has 130 valence electrons. The zero-order valence-electron chi connectivity index (χ0n) is 13.6. The molecule has 2 aromatic rings. The summed E-state index contributed by atoms with van der Waals surface area (Å²) in [6.45, 7) is 2.98. The minimum Gasteiger partial charge on any atom is -0.492 e.